The minimum atomic E-state index is 0.802. The number of hydrogen-bond donors (Lipinski definition) is 1. The largest absolute Gasteiger partial charge is 0.457 e. The van der Waals surface area contributed by atoms with Crippen molar-refractivity contribution in [2.45, 2.75) is 39.5 Å². The maximum absolute atomic E-state index is 6.06. The molecule has 0 saturated heterocycles. The van der Waals surface area contributed by atoms with Crippen molar-refractivity contribution in [1.82, 2.24) is 0 Å². The topological polar surface area (TPSA) is 35.2 Å². The van der Waals surface area contributed by atoms with Gasteiger partial charge >= 0.3 is 0 Å². The average Bonchev–Trinajstić information content (AvgIpc) is 2.43. The number of benzene rings is 2. The molecule has 0 spiro atoms. The molecule has 0 amide bonds. The first-order valence-corrected chi connectivity index (χ1v) is 7.38. The molecule has 0 bridgehead atoms. The average molecular weight is 269 g/mol. The molecule has 0 unspecified atom stereocenters. The van der Waals surface area contributed by atoms with Gasteiger partial charge in [-0.25, -0.2) is 0 Å². The Morgan fingerprint density at radius 3 is 2.35 bits per heavy atom. The summed E-state index contributed by atoms with van der Waals surface area (Å²) >= 11 is 0. The highest BCUT2D eigenvalue weighted by molar-refractivity contribution is 5.52. The predicted molar refractivity (Wildman–Crippen MR) is 85.4 cm³/mol. The Morgan fingerprint density at radius 1 is 0.900 bits per heavy atom. The number of rotatable bonds is 6. The fourth-order valence-corrected chi connectivity index (χ4v) is 2.32. The molecule has 0 aliphatic rings. The maximum Gasteiger partial charge on any atom is 0.129 e. The van der Waals surface area contributed by atoms with Crippen molar-refractivity contribution >= 4 is 5.69 Å². The van der Waals surface area contributed by atoms with E-state index in [9.17, 15) is 0 Å². The highest BCUT2D eigenvalue weighted by Crippen LogP contribution is 2.26. The van der Waals surface area contributed by atoms with Crippen LogP contribution in [0, 0.1) is 0 Å². The van der Waals surface area contributed by atoms with Crippen LogP contribution in [0.1, 0.15) is 37.8 Å². The van der Waals surface area contributed by atoms with Crippen LogP contribution in [0.25, 0.3) is 0 Å². The summed E-state index contributed by atoms with van der Waals surface area (Å²) in [6, 6.07) is 14.2. The zero-order chi connectivity index (χ0) is 14.4. The second-order valence-electron chi connectivity index (χ2n) is 5.11. The number of aryl methyl sites for hydroxylation is 2. The molecule has 2 aromatic carbocycles. The van der Waals surface area contributed by atoms with Gasteiger partial charge in [0.2, 0.25) is 0 Å². The van der Waals surface area contributed by atoms with Gasteiger partial charge in [-0.2, -0.15) is 0 Å². The summed E-state index contributed by atoms with van der Waals surface area (Å²) in [6.45, 7) is 4.34. The third-order valence-corrected chi connectivity index (χ3v) is 3.31. The Kier molecular flexibility index (Phi) is 5.05. The van der Waals surface area contributed by atoms with E-state index in [1.54, 1.807) is 0 Å². The van der Waals surface area contributed by atoms with Crippen LogP contribution in [-0.4, -0.2) is 0 Å². The predicted octanol–water partition coefficient (Wildman–Crippen LogP) is 4.97. The summed E-state index contributed by atoms with van der Waals surface area (Å²) in [5.41, 5.74) is 9.37. The Balaban J connectivity index is 2.13. The van der Waals surface area contributed by atoms with Crippen molar-refractivity contribution in [3.8, 4) is 11.5 Å². The fourth-order valence-electron chi connectivity index (χ4n) is 2.32. The van der Waals surface area contributed by atoms with E-state index in [0.29, 0.717) is 0 Å². The molecule has 0 aliphatic heterocycles. The third-order valence-electron chi connectivity index (χ3n) is 3.31. The number of anilines is 1. The first kappa shape index (κ1) is 14.4. The Bertz CT molecular complexity index is 563. The third kappa shape index (κ3) is 3.77. The Morgan fingerprint density at radius 2 is 1.65 bits per heavy atom. The van der Waals surface area contributed by atoms with Crippen LogP contribution in [0.4, 0.5) is 5.69 Å². The molecular formula is C18H23NO. The number of hydrogen-bond acceptors (Lipinski definition) is 2. The Hall–Kier alpha value is -1.96. The van der Waals surface area contributed by atoms with Gasteiger partial charge in [0.25, 0.3) is 0 Å². The van der Waals surface area contributed by atoms with Gasteiger partial charge in [0.15, 0.2) is 0 Å². The van der Waals surface area contributed by atoms with Gasteiger partial charge < -0.3 is 10.5 Å². The maximum atomic E-state index is 6.06. The zero-order valence-corrected chi connectivity index (χ0v) is 12.4. The van der Waals surface area contributed by atoms with E-state index in [0.717, 1.165) is 42.9 Å². The van der Waals surface area contributed by atoms with Gasteiger partial charge in [0.1, 0.15) is 11.5 Å². The second-order valence-corrected chi connectivity index (χ2v) is 5.11. The normalized spacial score (nSPS) is 10.5. The Labute approximate surface area is 121 Å². The fraction of sp³-hybridized carbons (Fsp3) is 0.333. The molecule has 0 heterocycles. The molecule has 0 aromatic heterocycles. The van der Waals surface area contributed by atoms with Crippen molar-refractivity contribution in [1.29, 1.82) is 0 Å². The molecule has 2 N–H and O–H groups in total. The van der Waals surface area contributed by atoms with Gasteiger partial charge in [-0.1, -0.05) is 44.9 Å². The standard InChI is InChI=1S/C18H23NO/c1-3-6-14-8-5-9-16(12-14)20-17-11-10-15(7-4-2)18(19)13-17/h5,8-13H,3-4,6-7,19H2,1-2H3. The lowest BCUT2D eigenvalue weighted by atomic mass is 10.1. The lowest BCUT2D eigenvalue weighted by molar-refractivity contribution is 0.482. The molecule has 20 heavy (non-hydrogen) atoms. The molecule has 0 saturated carbocycles. The van der Waals surface area contributed by atoms with Gasteiger partial charge in [-0.05, 0) is 42.2 Å². The van der Waals surface area contributed by atoms with Gasteiger partial charge in [0, 0.05) is 11.8 Å². The minimum absolute atomic E-state index is 0.802. The zero-order valence-electron chi connectivity index (χ0n) is 12.4. The van der Waals surface area contributed by atoms with E-state index < -0.39 is 0 Å². The lowest BCUT2D eigenvalue weighted by Crippen LogP contribution is -1.95. The quantitative estimate of drug-likeness (QED) is 0.752. The summed E-state index contributed by atoms with van der Waals surface area (Å²) in [5.74, 6) is 1.68. The molecule has 2 rings (SSSR count). The van der Waals surface area contributed by atoms with E-state index in [2.05, 4.69) is 32.0 Å². The van der Waals surface area contributed by atoms with E-state index in [1.165, 1.54) is 11.1 Å². The summed E-state index contributed by atoms with van der Waals surface area (Å²) < 4.78 is 5.90. The molecule has 106 valence electrons. The summed E-state index contributed by atoms with van der Waals surface area (Å²) in [7, 11) is 0. The molecule has 0 radical (unpaired) electrons. The molecule has 0 aliphatic carbocycles. The highest BCUT2D eigenvalue weighted by atomic mass is 16.5. The van der Waals surface area contributed by atoms with Crippen LogP contribution >= 0.6 is 0 Å². The van der Waals surface area contributed by atoms with Crippen LogP contribution in [0.15, 0.2) is 42.5 Å². The van der Waals surface area contributed by atoms with E-state index in [4.69, 9.17) is 10.5 Å². The van der Waals surface area contributed by atoms with Gasteiger partial charge in [-0.3, -0.25) is 0 Å². The molecule has 0 atom stereocenters. The number of nitrogens with two attached hydrogens (primary N) is 1. The lowest BCUT2D eigenvalue weighted by Gasteiger charge is -2.10. The minimum Gasteiger partial charge on any atom is -0.457 e. The highest BCUT2D eigenvalue weighted by Gasteiger charge is 2.03. The van der Waals surface area contributed by atoms with Gasteiger partial charge in [-0.15, -0.1) is 0 Å². The van der Waals surface area contributed by atoms with Crippen LogP contribution in [0.5, 0.6) is 11.5 Å². The smallest absolute Gasteiger partial charge is 0.129 e. The summed E-state index contributed by atoms with van der Waals surface area (Å²) in [5, 5.41) is 0. The first-order chi connectivity index (χ1) is 9.72. The van der Waals surface area contributed by atoms with Gasteiger partial charge in [0.05, 0.1) is 0 Å². The van der Waals surface area contributed by atoms with E-state index in [-0.39, 0.29) is 0 Å². The molecule has 2 heteroatoms. The van der Waals surface area contributed by atoms with Crippen LogP contribution < -0.4 is 10.5 Å². The number of nitrogen functional groups attached to an aromatic ring is 1. The van der Waals surface area contributed by atoms with Crippen LogP contribution in [0.2, 0.25) is 0 Å². The van der Waals surface area contributed by atoms with Crippen LogP contribution in [-0.2, 0) is 12.8 Å². The molecule has 2 nitrogen and oxygen atoms in total. The van der Waals surface area contributed by atoms with Crippen molar-refractivity contribution in [3.05, 3.63) is 53.6 Å². The van der Waals surface area contributed by atoms with E-state index >= 15 is 0 Å². The van der Waals surface area contributed by atoms with Crippen molar-refractivity contribution < 1.29 is 4.74 Å². The van der Waals surface area contributed by atoms with E-state index in [1.807, 2.05) is 24.3 Å². The SMILES string of the molecule is CCCc1cccc(Oc2ccc(CCC)c(N)c2)c1. The monoisotopic (exact) mass is 269 g/mol. The van der Waals surface area contributed by atoms with Crippen molar-refractivity contribution in [3.63, 3.8) is 0 Å². The molecule has 0 fully saturated rings. The first-order valence-electron chi connectivity index (χ1n) is 7.38. The van der Waals surface area contributed by atoms with Crippen molar-refractivity contribution in [2.75, 3.05) is 5.73 Å². The summed E-state index contributed by atoms with van der Waals surface area (Å²) in [6.07, 6.45) is 4.33. The number of ether oxygens (including phenoxy) is 1. The molecular weight excluding hydrogens is 246 g/mol. The van der Waals surface area contributed by atoms with Crippen LogP contribution in [0.3, 0.4) is 0 Å². The summed E-state index contributed by atoms with van der Waals surface area (Å²) in [4.78, 5) is 0. The van der Waals surface area contributed by atoms with Crippen molar-refractivity contribution in [2.24, 2.45) is 0 Å². The second kappa shape index (κ2) is 6.99. The molecule has 2 aromatic rings.